The lowest BCUT2D eigenvalue weighted by atomic mass is 9.45. The molecule has 0 bridgehead atoms. The molecule has 4 aliphatic carbocycles. The number of fused-ring (bicyclic) bond motifs is 5. The molecule has 5 unspecified atom stereocenters. The second-order valence-electron chi connectivity index (χ2n) is 9.31. The molecule has 3 N–H and O–H groups in total. The highest BCUT2D eigenvalue weighted by Gasteiger charge is 2.59. The Morgan fingerprint density at radius 3 is 2.38 bits per heavy atom. The summed E-state index contributed by atoms with van der Waals surface area (Å²) in [5, 5.41) is 10.1. The molecule has 0 aromatic heterocycles. The zero-order valence-corrected chi connectivity index (χ0v) is 13.9. The third-order valence-electron chi connectivity index (χ3n) is 8.71. The molecule has 0 aliphatic heterocycles. The highest BCUT2D eigenvalue weighted by molar-refractivity contribution is 5.10. The zero-order chi connectivity index (χ0) is 14.8. The maximum absolute atomic E-state index is 10.1. The maximum Gasteiger partial charge on any atom is 0.0543 e. The Hall–Kier alpha value is -0.0800. The fourth-order valence-electron chi connectivity index (χ4n) is 7.28. The first-order valence-corrected chi connectivity index (χ1v) is 9.39. The van der Waals surface area contributed by atoms with Crippen LogP contribution in [-0.2, 0) is 0 Å². The summed E-state index contributed by atoms with van der Waals surface area (Å²) in [5.41, 5.74) is 7.43. The van der Waals surface area contributed by atoms with Crippen LogP contribution >= 0.6 is 0 Å². The standard InChI is InChI=1S/C19H33NO/c1-18-9-7-13(21)11-12(18)3-4-14-15-5-6-17(20)19(15,2)10-8-16(14)18/h12-17,21H,3-11,20H2,1-2H3/t12?,13-,14?,15?,16?,17?,18-,19-/m0/s1. The third-order valence-corrected chi connectivity index (χ3v) is 8.71. The van der Waals surface area contributed by atoms with Crippen LogP contribution in [0.1, 0.15) is 71.6 Å². The van der Waals surface area contributed by atoms with E-state index in [-0.39, 0.29) is 6.10 Å². The lowest BCUT2D eigenvalue weighted by Crippen LogP contribution is -2.55. The minimum absolute atomic E-state index is 0.0200. The van der Waals surface area contributed by atoms with E-state index in [1.54, 1.807) is 0 Å². The van der Waals surface area contributed by atoms with Crippen molar-refractivity contribution in [1.82, 2.24) is 0 Å². The van der Waals surface area contributed by atoms with Gasteiger partial charge in [0.05, 0.1) is 6.10 Å². The van der Waals surface area contributed by atoms with Crippen LogP contribution in [0, 0.1) is 34.5 Å². The molecule has 0 radical (unpaired) electrons. The van der Waals surface area contributed by atoms with Crippen LogP contribution in [0.2, 0.25) is 0 Å². The van der Waals surface area contributed by atoms with Gasteiger partial charge in [-0.1, -0.05) is 13.8 Å². The van der Waals surface area contributed by atoms with Gasteiger partial charge in [-0.25, -0.2) is 0 Å². The predicted molar refractivity (Wildman–Crippen MR) is 85.7 cm³/mol. The van der Waals surface area contributed by atoms with E-state index in [0.29, 0.717) is 16.9 Å². The van der Waals surface area contributed by atoms with Gasteiger partial charge in [-0.3, -0.25) is 0 Å². The summed E-state index contributed by atoms with van der Waals surface area (Å²) < 4.78 is 0. The summed E-state index contributed by atoms with van der Waals surface area (Å²) in [6.45, 7) is 5.06. The van der Waals surface area contributed by atoms with E-state index < -0.39 is 0 Å². The zero-order valence-electron chi connectivity index (χ0n) is 13.9. The van der Waals surface area contributed by atoms with E-state index >= 15 is 0 Å². The van der Waals surface area contributed by atoms with Crippen LogP contribution in [-0.4, -0.2) is 17.3 Å². The van der Waals surface area contributed by atoms with E-state index in [1.807, 2.05) is 0 Å². The molecule has 0 aromatic carbocycles. The highest BCUT2D eigenvalue weighted by atomic mass is 16.3. The summed E-state index contributed by atoms with van der Waals surface area (Å²) in [5.74, 6) is 3.50. The molecule has 4 rings (SSSR count). The van der Waals surface area contributed by atoms with Crippen LogP contribution in [0.5, 0.6) is 0 Å². The lowest BCUT2D eigenvalue weighted by Gasteiger charge is -2.60. The molecule has 2 heteroatoms. The number of hydrogen-bond donors (Lipinski definition) is 2. The number of rotatable bonds is 0. The van der Waals surface area contributed by atoms with Crippen molar-refractivity contribution in [3.63, 3.8) is 0 Å². The van der Waals surface area contributed by atoms with Crippen molar-refractivity contribution in [2.75, 3.05) is 0 Å². The summed E-state index contributed by atoms with van der Waals surface area (Å²) in [6, 6.07) is 0.446. The Morgan fingerprint density at radius 2 is 1.57 bits per heavy atom. The van der Waals surface area contributed by atoms with Crippen molar-refractivity contribution in [3.05, 3.63) is 0 Å². The van der Waals surface area contributed by atoms with Gasteiger partial charge >= 0.3 is 0 Å². The Labute approximate surface area is 129 Å². The van der Waals surface area contributed by atoms with Crippen LogP contribution in [0.15, 0.2) is 0 Å². The number of hydrogen-bond acceptors (Lipinski definition) is 2. The van der Waals surface area contributed by atoms with E-state index in [0.717, 1.165) is 36.5 Å². The predicted octanol–water partition coefficient (Wildman–Crippen LogP) is 3.72. The molecule has 0 saturated heterocycles. The molecule has 21 heavy (non-hydrogen) atoms. The van der Waals surface area contributed by atoms with Crippen LogP contribution < -0.4 is 5.73 Å². The third kappa shape index (κ3) is 1.91. The highest BCUT2D eigenvalue weighted by Crippen LogP contribution is 2.65. The number of aliphatic hydroxyl groups excluding tert-OH is 1. The van der Waals surface area contributed by atoms with Gasteiger partial charge in [-0.05, 0) is 92.3 Å². The molecule has 4 saturated carbocycles. The van der Waals surface area contributed by atoms with Gasteiger partial charge < -0.3 is 10.8 Å². The van der Waals surface area contributed by atoms with Gasteiger partial charge in [0.1, 0.15) is 0 Å². The summed E-state index contributed by atoms with van der Waals surface area (Å²) in [7, 11) is 0. The Bertz CT molecular complexity index is 424. The first kappa shape index (κ1) is 14.5. The fraction of sp³-hybridized carbons (Fsp3) is 1.00. The second kappa shape index (κ2) is 4.71. The quantitative estimate of drug-likeness (QED) is 0.714. The Kier molecular flexibility index (Phi) is 3.25. The minimum atomic E-state index is -0.0200. The first-order valence-electron chi connectivity index (χ1n) is 9.39. The molecule has 2 nitrogen and oxygen atoms in total. The molecule has 0 amide bonds. The van der Waals surface area contributed by atoms with E-state index in [4.69, 9.17) is 5.73 Å². The van der Waals surface area contributed by atoms with Crippen LogP contribution in [0.25, 0.3) is 0 Å². The molecule has 4 aliphatic rings. The molecule has 120 valence electrons. The van der Waals surface area contributed by atoms with Crippen molar-refractivity contribution in [2.24, 2.45) is 40.2 Å². The molecule has 8 atom stereocenters. The molecule has 0 aromatic rings. The fourth-order valence-corrected chi connectivity index (χ4v) is 7.28. The van der Waals surface area contributed by atoms with Gasteiger partial charge in [0.2, 0.25) is 0 Å². The molecule has 0 heterocycles. The second-order valence-corrected chi connectivity index (χ2v) is 9.31. The van der Waals surface area contributed by atoms with Crippen LogP contribution in [0.4, 0.5) is 0 Å². The summed E-state index contributed by atoms with van der Waals surface area (Å²) in [4.78, 5) is 0. The Balaban J connectivity index is 1.62. The van der Waals surface area contributed by atoms with Crippen molar-refractivity contribution in [3.8, 4) is 0 Å². The molecule has 0 spiro atoms. The monoisotopic (exact) mass is 291 g/mol. The lowest BCUT2D eigenvalue weighted by molar-refractivity contribution is -0.122. The molecular weight excluding hydrogens is 258 g/mol. The summed E-state index contributed by atoms with van der Waals surface area (Å²) in [6.07, 6.45) is 11.5. The van der Waals surface area contributed by atoms with Crippen molar-refractivity contribution < 1.29 is 5.11 Å². The van der Waals surface area contributed by atoms with E-state index in [2.05, 4.69) is 13.8 Å². The normalized spacial score (nSPS) is 60.0. The topological polar surface area (TPSA) is 46.2 Å². The van der Waals surface area contributed by atoms with Gasteiger partial charge in [-0.2, -0.15) is 0 Å². The maximum atomic E-state index is 10.1. The number of aliphatic hydroxyl groups is 1. The van der Waals surface area contributed by atoms with Gasteiger partial charge in [0.25, 0.3) is 0 Å². The van der Waals surface area contributed by atoms with Crippen molar-refractivity contribution >= 4 is 0 Å². The average molecular weight is 291 g/mol. The molecule has 4 fully saturated rings. The SMILES string of the molecule is C[C@]12CC[C@H](O)CC1CCC1C2CC[C@]2(C)C(N)CCC12. The Morgan fingerprint density at radius 1 is 0.857 bits per heavy atom. The molecular formula is C19H33NO. The van der Waals surface area contributed by atoms with E-state index in [9.17, 15) is 5.11 Å². The van der Waals surface area contributed by atoms with Crippen molar-refractivity contribution in [2.45, 2.75) is 83.8 Å². The van der Waals surface area contributed by atoms with Crippen LogP contribution in [0.3, 0.4) is 0 Å². The largest absolute Gasteiger partial charge is 0.393 e. The van der Waals surface area contributed by atoms with Gasteiger partial charge in [0.15, 0.2) is 0 Å². The van der Waals surface area contributed by atoms with Gasteiger partial charge in [-0.15, -0.1) is 0 Å². The number of nitrogens with two attached hydrogens (primary N) is 1. The van der Waals surface area contributed by atoms with Crippen molar-refractivity contribution in [1.29, 1.82) is 0 Å². The average Bonchev–Trinajstić information content (AvgIpc) is 2.76. The van der Waals surface area contributed by atoms with E-state index in [1.165, 1.54) is 44.9 Å². The first-order chi connectivity index (χ1) is 9.95. The minimum Gasteiger partial charge on any atom is -0.393 e. The van der Waals surface area contributed by atoms with Gasteiger partial charge in [0, 0.05) is 6.04 Å². The smallest absolute Gasteiger partial charge is 0.0543 e. The summed E-state index contributed by atoms with van der Waals surface area (Å²) >= 11 is 0.